The van der Waals surface area contributed by atoms with Gasteiger partial charge in [0.15, 0.2) is 0 Å². The maximum Gasteiger partial charge on any atom is 0.305 e. The topological polar surface area (TPSA) is 75.1 Å². The molecule has 0 radical (unpaired) electrons. The minimum atomic E-state index is -0.186. The molecule has 0 aliphatic heterocycles. The van der Waals surface area contributed by atoms with Crippen LogP contribution in [0.4, 0.5) is 0 Å². The molecule has 5 nitrogen and oxygen atoms in total. The first-order valence-electron chi connectivity index (χ1n) is 6.11. The summed E-state index contributed by atoms with van der Waals surface area (Å²) in [6.45, 7) is 3.63. The first-order chi connectivity index (χ1) is 8.74. The van der Waals surface area contributed by atoms with Crippen molar-refractivity contribution in [3.05, 3.63) is 35.2 Å². The van der Waals surface area contributed by atoms with Crippen molar-refractivity contribution in [2.24, 2.45) is 5.11 Å². The number of esters is 1. The Morgan fingerprint density at radius 2 is 2.22 bits per heavy atom. The number of hydrogen-bond donors (Lipinski definition) is 0. The number of methoxy groups -OCH3 is 1. The average Bonchev–Trinajstić information content (AvgIpc) is 2.37. The van der Waals surface area contributed by atoms with Crippen molar-refractivity contribution in [3.8, 4) is 0 Å². The molecule has 0 saturated heterocycles. The van der Waals surface area contributed by atoms with Crippen LogP contribution in [0.15, 0.2) is 29.9 Å². The number of carbonyl (C=O) groups is 1. The maximum absolute atomic E-state index is 10.8. The normalized spacial score (nSPS) is 11.8. The molecule has 0 amide bonds. The first-order valence-corrected chi connectivity index (χ1v) is 6.11. The summed E-state index contributed by atoms with van der Waals surface area (Å²) in [5, 5.41) is 3.71. The zero-order chi connectivity index (χ0) is 13.6. The van der Waals surface area contributed by atoms with Gasteiger partial charge in [-0.25, -0.2) is 0 Å². The Bertz CT molecular complexity index is 320. The molecule has 0 aliphatic rings. The van der Waals surface area contributed by atoms with Crippen LogP contribution in [0.3, 0.4) is 0 Å². The summed E-state index contributed by atoms with van der Waals surface area (Å²) in [7, 11) is 1.39. The molecular weight excluding hydrogens is 230 g/mol. The second-order valence-electron chi connectivity index (χ2n) is 3.90. The predicted molar refractivity (Wildman–Crippen MR) is 72.0 cm³/mol. The second-order valence-corrected chi connectivity index (χ2v) is 3.90. The molecule has 0 aliphatic carbocycles. The van der Waals surface area contributed by atoms with E-state index in [1.165, 1.54) is 7.11 Å². The monoisotopic (exact) mass is 251 g/mol. The van der Waals surface area contributed by atoms with Crippen molar-refractivity contribution in [1.82, 2.24) is 0 Å². The molecule has 0 saturated carbocycles. The average molecular weight is 251 g/mol. The highest BCUT2D eigenvalue weighted by atomic mass is 16.5. The lowest BCUT2D eigenvalue weighted by Crippen LogP contribution is -2.00. The summed E-state index contributed by atoms with van der Waals surface area (Å²) in [4.78, 5) is 13.6. The first kappa shape index (κ1) is 16.3. The maximum atomic E-state index is 10.8. The van der Waals surface area contributed by atoms with Crippen molar-refractivity contribution in [2.75, 3.05) is 7.11 Å². The van der Waals surface area contributed by atoms with E-state index in [1.807, 2.05) is 12.2 Å². The number of allylic oxidation sites excluding steroid dienone is 2. The van der Waals surface area contributed by atoms with Crippen LogP contribution in [0.2, 0.25) is 0 Å². The SMILES string of the molecule is C=CCC(CCC/C=C/CCC(=O)OC)N=[N+]=[N-]. The molecular formula is C13H21N3O2. The highest BCUT2D eigenvalue weighted by Gasteiger charge is 2.02. The van der Waals surface area contributed by atoms with Crippen LogP contribution in [0.25, 0.3) is 10.4 Å². The Balaban J connectivity index is 3.64. The molecule has 5 heteroatoms. The van der Waals surface area contributed by atoms with Crippen LogP contribution in [-0.4, -0.2) is 19.1 Å². The van der Waals surface area contributed by atoms with Crippen LogP contribution in [-0.2, 0) is 9.53 Å². The summed E-state index contributed by atoms with van der Waals surface area (Å²) in [5.41, 5.74) is 8.38. The van der Waals surface area contributed by atoms with E-state index in [0.717, 1.165) is 25.7 Å². The van der Waals surface area contributed by atoms with Gasteiger partial charge < -0.3 is 4.74 Å². The van der Waals surface area contributed by atoms with Gasteiger partial charge in [-0.1, -0.05) is 23.3 Å². The third kappa shape index (κ3) is 9.48. The van der Waals surface area contributed by atoms with Gasteiger partial charge in [-0.15, -0.1) is 6.58 Å². The molecule has 0 aromatic rings. The van der Waals surface area contributed by atoms with Gasteiger partial charge >= 0.3 is 5.97 Å². The highest BCUT2D eigenvalue weighted by molar-refractivity contribution is 5.69. The lowest BCUT2D eigenvalue weighted by molar-refractivity contribution is -0.140. The van der Waals surface area contributed by atoms with Gasteiger partial charge in [0.05, 0.1) is 7.11 Å². The number of hydrogen-bond acceptors (Lipinski definition) is 3. The van der Waals surface area contributed by atoms with Crippen molar-refractivity contribution in [1.29, 1.82) is 0 Å². The largest absolute Gasteiger partial charge is 0.469 e. The standard InChI is InChI=1S/C13H21N3O2/c1-3-9-12(15-16-14)10-7-5-4-6-8-11-13(17)18-2/h3-4,6,12H,1,5,7-11H2,2H3/b6-4+. The van der Waals surface area contributed by atoms with E-state index in [2.05, 4.69) is 21.3 Å². The number of ether oxygens (including phenoxy) is 1. The highest BCUT2D eigenvalue weighted by Crippen LogP contribution is 2.10. The van der Waals surface area contributed by atoms with Crippen molar-refractivity contribution in [2.45, 2.75) is 44.6 Å². The number of azide groups is 1. The number of carbonyl (C=O) groups excluding carboxylic acids is 1. The van der Waals surface area contributed by atoms with Crippen molar-refractivity contribution < 1.29 is 9.53 Å². The van der Waals surface area contributed by atoms with E-state index in [1.54, 1.807) is 6.08 Å². The summed E-state index contributed by atoms with van der Waals surface area (Å²) in [5.74, 6) is -0.186. The fraction of sp³-hybridized carbons (Fsp3) is 0.615. The van der Waals surface area contributed by atoms with Gasteiger partial charge in [-0.05, 0) is 37.6 Å². The zero-order valence-electron chi connectivity index (χ0n) is 10.9. The van der Waals surface area contributed by atoms with E-state index >= 15 is 0 Å². The van der Waals surface area contributed by atoms with Gasteiger partial charge in [0, 0.05) is 17.4 Å². The van der Waals surface area contributed by atoms with Crippen molar-refractivity contribution >= 4 is 5.97 Å². The summed E-state index contributed by atoms with van der Waals surface area (Å²) in [6, 6.07) is 0.0102. The fourth-order valence-corrected chi connectivity index (χ4v) is 1.50. The van der Waals surface area contributed by atoms with E-state index in [4.69, 9.17) is 5.53 Å². The Kier molecular flexibility index (Phi) is 10.6. The fourth-order valence-electron chi connectivity index (χ4n) is 1.50. The van der Waals surface area contributed by atoms with Crippen LogP contribution >= 0.6 is 0 Å². The Hall–Kier alpha value is -1.74. The molecule has 0 aromatic carbocycles. The van der Waals surface area contributed by atoms with Gasteiger partial charge in [0.2, 0.25) is 0 Å². The summed E-state index contributed by atoms with van der Waals surface area (Å²) >= 11 is 0. The number of nitrogens with zero attached hydrogens (tertiary/aromatic N) is 3. The van der Waals surface area contributed by atoms with Crippen molar-refractivity contribution in [3.63, 3.8) is 0 Å². The molecule has 1 atom stereocenters. The van der Waals surface area contributed by atoms with Crippen LogP contribution in [0, 0.1) is 0 Å². The van der Waals surface area contributed by atoms with E-state index in [-0.39, 0.29) is 12.0 Å². The lowest BCUT2D eigenvalue weighted by atomic mass is 10.1. The Morgan fingerprint density at radius 3 is 2.83 bits per heavy atom. The molecule has 0 aromatic heterocycles. The number of rotatable bonds is 10. The predicted octanol–water partition coefficient (Wildman–Crippen LogP) is 3.92. The quantitative estimate of drug-likeness (QED) is 0.147. The van der Waals surface area contributed by atoms with Crippen LogP contribution < -0.4 is 0 Å². The lowest BCUT2D eigenvalue weighted by Gasteiger charge is -2.06. The van der Waals surface area contributed by atoms with Gasteiger partial charge in [0.1, 0.15) is 0 Å². The van der Waals surface area contributed by atoms with E-state index in [0.29, 0.717) is 12.8 Å². The smallest absolute Gasteiger partial charge is 0.305 e. The zero-order valence-corrected chi connectivity index (χ0v) is 10.9. The third-order valence-corrected chi connectivity index (χ3v) is 2.47. The molecule has 0 heterocycles. The second kappa shape index (κ2) is 11.7. The number of unbranched alkanes of at least 4 members (excludes halogenated alkanes) is 1. The van der Waals surface area contributed by atoms with Crippen LogP contribution in [0.1, 0.15) is 38.5 Å². The molecule has 1 unspecified atom stereocenters. The van der Waals surface area contributed by atoms with E-state index < -0.39 is 0 Å². The minimum absolute atomic E-state index is 0.0102. The Labute approximate surface area is 108 Å². The molecule has 0 bridgehead atoms. The summed E-state index contributed by atoms with van der Waals surface area (Å²) in [6.07, 6.45) is 10.4. The molecule has 0 N–H and O–H groups in total. The minimum Gasteiger partial charge on any atom is -0.469 e. The molecule has 100 valence electrons. The third-order valence-electron chi connectivity index (χ3n) is 2.47. The molecule has 18 heavy (non-hydrogen) atoms. The molecule has 0 fully saturated rings. The molecule has 0 rings (SSSR count). The van der Waals surface area contributed by atoms with Gasteiger partial charge in [0.25, 0.3) is 0 Å². The van der Waals surface area contributed by atoms with E-state index in [9.17, 15) is 4.79 Å². The Morgan fingerprint density at radius 1 is 1.50 bits per heavy atom. The summed E-state index contributed by atoms with van der Waals surface area (Å²) < 4.78 is 4.53. The van der Waals surface area contributed by atoms with Gasteiger partial charge in [-0.2, -0.15) is 0 Å². The van der Waals surface area contributed by atoms with Gasteiger partial charge in [-0.3, -0.25) is 4.79 Å². The molecule has 0 spiro atoms. The van der Waals surface area contributed by atoms with Crippen LogP contribution in [0.5, 0.6) is 0 Å².